The molecule has 1 aromatic heterocycles. The first-order chi connectivity index (χ1) is 8.10. The highest BCUT2D eigenvalue weighted by Gasteiger charge is 2.13. The number of hydrogen-bond acceptors (Lipinski definition) is 4. The highest BCUT2D eigenvalue weighted by molar-refractivity contribution is 7.89. The molecule has 88 valence electrons. The van der Waals surface area contributed by atoms with Gasteiger partial charge in [-0.25, -0.2) is 18.1 Å². The monoisotopic (exact) mass is 249 g/mol. The van der Waals surface area contributed by atoms with Gasteiger partial charge in [0, 0.05) is 19.2 Å². The first kappa shape index (κ1) is 13.2. The maximum Gasteiger partial charge on any atom is 0.242 e. The van der Waals surface area contributed by atoms with Gasteiger partial charge in [0.15, 0.2) is 0 Å². The molecule has 0 aromatic carbocycles. The predicted octanol–water partition coefficient (Wildman–Crippen LogP) is 0.645. The fourth-order valence-electron chi connectivity index (χ4n) is 1.06. The summed E-state index contributed by atoms with van der Waals surface area (Å²) in [6.45, 7) is 1.95. The summed E-state index contributed by atoms with van der Waals surface area (Å²) in [6.07, 6.45) is 1.62. The fourth-order valence-corrected chi connectivity index (χ4v) is 2.04. The lowest BCUT2D eigenvalue weighted by Crippen LogP contribution is -2.24. The summed E-state index contributed by atoms with van der Waals surface area (Å²) in [7, 11) is -3.56. The number of pyridine rings is 1. The Balaban J connectivity index is 2.75. The van der Waals surface area contributed by atoms with E-state index in [0.717, 1.165) is 6.20 Å². The zero-order valence-corrected chi connectivity index (χ0v) is 10.1. The molecule has 0 aliphatic carbocycles. The van der Waals surface area contributed by atoms with E-state index < -0.39 is 10.0 Å². The molecule has 0 spiro atoms. The molecule has 0 saturated carbocycles. The molecule has 1 rings (SSSR count). The average Bonchev–Trinajstić information content (AvgIpc) is 2.35. The molecule has 0 fully saturated rings. The molecule has 0 aliphatic rings. The minimum absolute atomic E-state index is 0.0426. The molecule has 0 aliphatic heterocycles. The van der Waals surface area contributed by atoms with Crippen molar-refractivity contribution in [1.29, 1.82) is 5.26 Å². The largest absolute Gasteiger partial charge is 0.244 e. The lowest BCUT2D eigenvalue weighted by molar-refractivity contribution is 0.582. The molecule has 17 heavy (non-hydrogen) atoms. The molecule has 1 N–H and O–H groups in total. The van der Waals surface area contributed by atoms with Gasteiger partial charge in [-0.1, -0.05) is 0 Å². The van der Waals surface area contributed by atoms with Crippen molar-refractivity contribution in [3.05, 3.63) is 24.0 Å². The molecular formula is C11H11N3O2S. The lowest BCUT2D eigenvalue weighted by atomic mass is 10.4. The van der Waals surface area contributed by atoms with Crippen LogP contribution in [0, 0.1) is 23.2 Å². The molecule has 0 bridgehead atoms. The first-order valence-corrected chi connectivity index (χ1v) is 6.34. The number of nitrogens with zero attached hydrogens (tertiary/aromatic N) is 2. The molecule has 0 saturated heterocycles. The molecule has 6 heteroatoms. The number of sulfonamides is 1. The van der Waals surface area contributed by atoms with E-state index in [1.54, 1.807) is 6.92 Å². The van der Waals surface area contributed by atoms with Gasteiger partial charge in [0.2, 0.25) is 10.0 Å². The van der Waals surface area contributed by atoms with Crippen molar-refractivity contribution in [3.8, 4) is 17.9 Å². The third-order valence-corrected chi connectivity index (χ3v) is 3.33. The summed E-state index contributed by atoms with van der Waals surface area (Å²) in [5, 5.41) is 8.54. The molecule has 0 unspecified atom stereocenters. The van der Waals surface area contributed by atoms with Gasteiger partial charge in [-0.3, -0.25) is 0 Å². The summed E-state index contributed by atoms with van der Waals surface area (Å²) in [6, 6.07) is 4.53. The van der Waals surface area contributed by atoms with Crippen LogP contribution in [0.5, 0.6) is 0 Å². The quantitative estimate of drug-likeness (QED) is 0.627. The van der Waals surface area contributed by atoms with Crippen molar-refractivity contribution in [3.63, 3.8) is 0 Å². The summed E-state index contributed by atoms with van der Waals surface area (Å²) < 4.78 is 25.8. The van der Waals surface area contributed by atoms with Crippen LogP contribution in [-0.4, -0.2) is 19.9 Å². The second kappa shape index (κ2) is 6.00. The summed E-state index contributed by atoms with van der Waals surface area (Å²) >= 11 is 0. The van der Waals surface area contributed by atoms with Crippen LogP contribution >= 0.6 is 0 Å². The van der Waals surface area contributed by atoms with Crippen LogP contribution in [0.1, 0.15) is 19.0 Å². The van der Waals surface area contributed by atoms with Crippen LogP contribution in [-0.2, 0) is 10.0 Å². The van der Waals surface area contributed by atoms with Crippen molar-refractivity contribution in [2.45, 2.75) is 18.2 Å². The lowest BCUT2D eigenvalue weighted by Gasteiger charge is -2.04. The maximum atomic E-state index is 11.7. The van der Waals surface area contributed by atoms with Crippen LogP contribution in [0.25, 0.3) is 0 Å². The third-order valence-electron chi connectivity index (χ3n) is 1.88. The van der Waals surface area contributed by atoms with Gasteiger partial charge in [-0.2, -0.15) is 5.26 Å². The van der Waals surface area contributed by atoms with E-state index in [4.69, 9.17) is 5.26 Å². The number of nitriles is 1. The van der Waals surface area contributed by atoms with E-state index in [0.29, 0.717) is 6.42 Å². The summed E-state index contributed by atoms with van der Waals surface area (Å²) in [4.78, 5) is 3.74. The second-order valence-corrected chi connectivity index (χ2v) is 4.83. The SMILES string of the molecule is CC#CCCNS(=O)(=O)c1ccc(C#N)nc1. The van der Waals surface area contributed by atoms with Crippen molar-refractivity contribution in [2.24, 2.45) is 0 Å². The van der Waals surface area contributed by atoms with Gasteiger partial charge in [0.1, 0.15) is 16.7 Å². The summed E-state index contributed by atoms with van der Waals surface area (Å²) in [5.74, 6) is 5.43. The summed E-state index contributed by atoms with van der Waals surface area (Å²) in [5.41, 5.74) is 0.181. The third kappa shape index (κ3) is 3.87. The molecule has 1 heterocycles. The van der Waals surface area contributed by atoms with Gasteiger partial charge in [-0.05, 0) is 19.1 Å². The Morgan fingerprint density at radius 3 is 2.76 bits per heavy atom. The fraction of sp³-hybridized carbons (Fsp3) is 0.273. The van der Waals surface area contributed by atoms with Gasteiger partial charge >= 0.3 is 0 Å². The topological polar surface area (TPSA) is 82.9 Å². The minimum atomic E-state index is -3.56. The second-order valence-electron chi connectivity index (χ2n) is 3.07. The van der Waals surface area contributed by atoms with Gasteiger partial charge in [0.05, 0.1) is 0 Å². The standard InChI is InChI=1S/C11H11N3O2S/c1-2-3-4-7-14-17(15,16)11-6-5-10(8-12)13-9-11/h5-6,9,14H,4,7H2,1H3. The Morgan fingerprint density at radius 1 is 1.47 bits per heavy atom. The number of rotatable bonds is 4. The van der Waals surface area contributed by atoms with Crippen molar-refractivity contribution >= 4 is 10.0 Å². The molecule has 5 nitrogen and oxygen atoms in total. The Kier molecular flexibility index (Phi) is 4.65. The Morgan fingerprint density at radius 2 is 2.24 bits per heavy atom. The average molecular weight is 249 g/mol. The number of aromatic nitrogens is 1. The Labute approximate surface area is 101 Å². The molecule has 0 amide bonds. The van der Waals surface area contributed by atoms with E-state index in [1.165, 1.54) is 12.1 Å². The molecule has 0 atom stereocenters. The normalized spacial score (nSPS) is 10.1. The van der Waals surface area contributed by atoms with Crippen LogP contribution in [0.3, 0.4) is 0 Å². The zero-order chi connectivity index (χ0) is 12.7. The van der Waals surface area contributed by atoms with E-state index in [1.807, 2.05) is 6.07 Å². The minimum Gasteiger partial charge on any atom is -0.244 e. The molecule has 0 radical (unpaired) electrons. The van der Waals surface area contributed by atoms with Crippen LogP contribution in [0.15, 0.2) is 23.2 Å². The maximum absolute atomic E-state index is 11.7. The van der Waals surface area contributed by atoms with Gasteiger partial charge in [0.25, 0.3) is 0 Å². The van der Waals surface area contributed by atoms with Crippen molar-refractivity contribution < 1.29 is 8.42 Å². The molecular weight excluding hydrogens is 238 g/mol. The Bertz CT molecular complexity index is 574. The number of hydrogen-bond donors (Lipinski definition) is 1. The van der Waals surface area contributed by atoms with Crippen LogP contribution in [0.4, 0.5) is 0 Å². The number of nitrogens with one attached hydrogen (secondary N) is 1. The van der Waals surface area contributed by atoms with Crippen molar-refractivity contribution in [1.82, 2.24) is 9.71 Å². The van der Waals surface area contributed by atoms with Gasteiger partial charge in [-0.15, -0.1) is 11.8 Å². The van der Waals surface area contributed by atoms with E-state index in [9.17, 15) is 8.42 Å². The molecule has 1 aromatic rings. The smallest absolute Gasteiger partial charge is 0.242 e. The Hall–Kier alpha value is -1.89. The van der Waals surface area contributed by atoms with E-state index in [-0.39, 0.29) is 17.1 Å². The highest BCUT2D eigenvalue weighted by atomic mass is 32.2. The first-order valence-electron chi connectivity index (χ1n) is 4.85. The van der Waals surface area contributed by atoms with Crippen LogP contribution < -0.4 is 4.72 Å². The predicted molar refractivity (Wildman–Crippen MR) is 62.2 cm³/mol. The van der Waals surface area contributed by atoms with Gasteiger partial charge < -0.3 is 0 Å². The highest BCUT2D eigenvalue weighted by Crippen LogP contribution is 2.06. The van der Waals surface area contributed by atoms with E-state index in [2.05, 4.69) is 21.5 Å². The zero-order valence-electron chi connectivity index (χ0n) is 9.27. The van der Waals surface area contributed by atoms with E-state index >= 15 is 0 Å². The van der Waals surface area contributed by atoms with Crippen LogP contribution in [0.2, 0.25) is 0 Å². The van der Waals surface area contributed by atoms with Crippen molar-refractivity contribution in [2.75, 3.05) is 6.54 Å².